The van der Waals surface area contributed by atoms with Crippen LogP contribution in [-0.4, -0.2) is 68.3 Å². The fourth-order valence-electron chi connectivity index (χ4n) is 3.09. The fourth-order valence-corrected chi connectivity index (χ4v) is 4.19. The highest BCUT2D eigenvalue weighted by Crippen LogP contribution is 2.34. The molecule has 0 unspecified atom stereocenters. The third-order valence-electron chi connectivity index (χ3n) is 4.60. The van der Waals surface area contributed by atoms with Crippen molar-refractivity contribution >= 4 is 39.2 Å². The Morgan fingerprint density at radius 3 is 2.71 bits per heavy atom. The molecule has 0 atom stereocenters. The molecule has 3 rings (SSSR count). The zero-order valence-corrected chi connectivity index (χ0v) is 17.2. The van der Waals surface area contributed by atoms with Crippen LogP contribution in [0.5, 0.6) is 0 Å². The van der Waals surface area contributed by atoms with Gasteiger partial charge in [0.25, 0.3) is 0 Å². The summed E-state index contributed by atoms with van der Waals surface area (Å²) >= 11 is 1.30. The van der Waals surface area contributed by atoms with Crippen molar-refractivity contribution in [3.05, 3.63) is 16.3 Å². The van der Waals surface area contributed by atoms with E-state index in [9.17, 15) is 9.59 Å². The number of carbonyl (C=O) groups is 2. The first kappa shape index (κ1) is 20.4. The van der Waals surface area contributed by atoms with E-state index >= 15 is 0 Å². The van der Waals surface area contributed by atoms with E-state index in [-0.39, 0.29) is 18.4 Å². The molecule has 10 heteroatoms. The van der Waals surface area contributed by atoms with Crippen molar-refractivity contribution in [1.82, 2.24) is 15.3 Å². The smallest absolute Gasteiger partial charge is 0.348 e. The van der Waals surface area contributed by atoms with Gasteiger partial charge in [0.2, 0.25) is 5.91 Å². The van der Waals surface area contributed by atoms with E-state index in [1.54, 1.807) is 14.0 Å². The predicted molar refractivity (Wildman–Crippen MR) is 106 cm³/mol. The second kappa shape index (κ2) is 9.26. The Balaban J connectivity index is 1.97. The van der Waals surface area contributed by atoms with Gasteiger partial charge in [-0.3, -0.25) is 4.79 Å². The van der Waals surface area contributed by atoms with Crippen LogP contribution in [0, 0.1) is 6.92 Å². The largest absolute Gasteiger partial charge is 0.462 e. The molecule has 152 valence electrons. The molecule has 1 aliphatic heterocycles. The molecule has 0 saturated carbocycles. The number of nitrogens with one attached hydrogen (secondary N) is 3. The number of carbonyl (C=O) groups excluding carboxylic acids is 2. The van der Waals surface area contributed by atoms with Gasteiger partial charge >= 0.3 is 5.97 Å². The van der Waals surface area contributed by atoms with Gasteiger partial charge in [-0.05, 0) is 19.4 Å². The Hall–Kier alpha value is -2.30. The molecule has 28 heavy (non-hydrogen) atoms. The molecule has 1 fully saturated rings. The first-order chi connectivity index (χ1) is 13.5. The summed E-state index contributed by atoms with van der Waals surface area (Å²) in [5, 5.41) is 6.44. The quantitative estimate of drug-likeness (QED) is 0.543. The van der Waals surface area contributed by atoms with Gasteiger partial charge in [0.05, 0.1) is 31.8 Å². The highest BCUT2D eigenvalue weighted by atomic mass is 32.1. The van der Waals surface area contributed by atoms with Gasteiger partial charge in [-0.2, -0.15) is 0 Å². The van der Waals surface area contributed by atoms with Gasteiger partial charge in [0.1, 0.15) is 35.2 Å². The van der Waals surface area contributed by atoms with E-state index in [0.29, 0.717) is 29.7 Å². The van der Waals surface area contributed by atoms with E-state index < -0.39 is 0 Å². The topological polar surface area (TPSA) is 107 Å². The lowest BCUT2D eigenvalue weighted by Gasteiger charge is -2.23. The molecule has 2 aromatic rings. The summed E-state index contributed by atoms with van der Waals surface area (Å²) < 4.78 is 10.6. The van der Waals surface area contributed by atoms with Crippen molar-refractivity contribution < 1.29 is 24.0 Å². The first-order valence-corrected chi connectivity index (χ1v) is 10.2. The number of nitrogens with zero attached hydrogens (tertiary/aromatic N) is 2. The Labute approximate surface area is 167 Å². The molecule has 3 heterocycles. The molecule has 1 aliphatic rings. The monoisotopic (exact) mass is 408 g/mol. The number of morpholine rings is 1. The Morgan fingerprint density at radius 2 is 2.04 bits per heavy atom. The zero-order valence-electron chi connectivity index (χ0n) is 16.4. The van der Waals surface area contributed by atoms with Crippen molar-refractivity contribution in [2.45, 2.75) is 20.4 Å². The summed E-state index contributed by atoms with van der Waals surface area (Å²) in [5.74, 6) is 0.743. The van der Waals surface area contributed by atoms with Crippen LogP contribution >= 0.6 is 11.3 Å². The summed E-state index contributed by atoms with van der Waals surface area (Å²) in [6, 6.07) is 0. The minimum Gasteiger partial charge on any atom is -0.462 e. The number of amides is 1. The van der Waals surface area contributed by atoms with Gasteiger partial charge in [-0.15, -0.1) is 11.3 Å². The maximum absolute atomic E-state index is 12.3. The number of aromatic nitrogens is 2. The van der Waals surface area contributed by atoms with Crippen LogP contribution in [-0.2, 0) is 20.8 Å². The Bertz CT molecular complexity index is 863. The van der Waals surface area contributed by atoms with E-state index in [4.69, 9.17) is 14.5 Å². The second-order valence-corrected chi connectivity index (χ2v) is 7.51. The third kappa shape index (κ3) is 4.57. The number of fused-ring (bicyclic) bond motifs is 1. The SMILES string of the molecule is CCOC(=O)c1sc2nc(C[NH+]3CCOCC3)nc(NCC(=O)NC)c2c1C. The molecular weight excluding hydrogens is 382 g/mol. The summed E-state index contributed by atoms with van der Waals surface area (Å²) in [6.45, 7) is 7.96. The van der Waals surface area contributed by atoms with E-state index in [2.05, 4.69) is 15.6 Å². The summed E-state index contributed by atoms with van der Waals surface area (Å²) in [5.41, 5.74) is 0.767. The second-order valence-electron chi connectivity index (χ2n) is 6.51. The number of hydrogen-bond acceptors (Lipinski definition) is 8. The molecule has 1 saturated heterocycles. The lowest BCUT2D eigenvalue weighted by molar-refractivity contribution is -0.922. The van der Waals surface area contributed by atoms with Crippen LogP contribution < -0.4 is 15.5 Å². The van der Waals surface area contributed by atoms with E-state index in [1.807, 2.05) is 6.92 Å². The van der Waals surface area contributed by atoms with Crippen LogP contribution in [0.15, 0.2) is 0 Å². The fraction of sp³-hybridized carbons (Fsp3) is 0.556. The molecular formula is C18H26N5O4S+. The summed E-state index contributed by atoms with van der Waals surface area (Å²) in [6.07, 6.45) is 0. The standard InChI is InChI=1S/C18H25N5O4S/c1-4-27-18(25)15-11(2)14-16(20-9-13(24)19-3)21-12(22-17(14)28-15)10-23-5-7-26-8-6-23/h4-10H2,1-3H3,(H,19,24)(H,20,21,22)/p+1. The summed E-state index contributed by atoms with van der Waals surface area (Å²) in [7, 11) is 1.58. The maximum Gasteiger partial charge on any atom is 0.348 e. The Kier molecular flexibility index (Phi) is 6.76. The van der Waals surface area contributed by atoms with Gasteiger partial charge < -0.3 is 25.0 Å². The van der Waals surface area contributed by atoms with Gasteiger partial charge in [0.15, 0.2) is 5.82 Å². The van der Waals surface area contributed by atoms with Crippen LogP contribution in [0.3, 0.4) is 0 Å². The lowest BCUT2D eigenvalue weighted by Crippen LogP contribution is -3.12. The van der Waals surface area contributed by atoms with Crippen molar-refractivity contribution in [2.24, 2.45) is 0 Å². The number of quaternary nitrogens is 1. The predicted octanol–water partition coefficient (Wildman–Crippen LogP) is -0.251. The van der Waals surface area contributed by atoms with Crippen LogP contribution in [0.25, 0.3) is 10.2 Å². The highest BCUT2D eigenvalue weighted by molar-refractivity contribution is 7.20. The molecule has 0 spiro atoms. The number of anilines is 1. The minimum atomic E-state index is -0.361. The van der Waals surface area contributed by atoms with Crippen LogP contribution in [0.1, 0.15) is 28.0 Å². The molecule has 0 aliphatic carbocycles. The summed E-state index contributed by atoms with van der Waals surface area (Å²) in [4.78, 5) is 36.0. The van der Waals surface area contributed by atoms with Gasteiger partial charge in [-0.25, -0.2) is 14.8 Å². The molecule has 1 amide bonds. The molecule has 0 radical (unpaired) electrons. The molecule has 2 aromatic heterocycles. The molecule has 0 bridgehead atoms. The molecule has 3 N–H and O–H groups in total. The van der Waals surface area contributed by atoms with Crippen molar-refractivity contribution in [2.75, 3.05) is 51.8 Å². The maximum atomic E-state index is 12.3. The normalized spacial score (nSPS) is 14.8. The average molecular weight is 409 g/mol. The van der Waals surface area contributed by atoms with E-state index in [1.165, 1.54) is 16.2 Å². The average Bonchev–Trinajstić information content (AvgIpc) is 3.03. The van der Waals surface area contributed by atoms with E-state index in [0.717, 1.165) is 42.1 Å². The number of ether oxygens (including phenoxy) is 2. The number of likely N-dealkylation sites (N-methyl/N-ethyl adjacent to an activating group) is 1. The van der Waals surface area contributed by atoms with Crippen molar-refractivity contribution in [3.63, 3.8) is 0 Å². The van der Waals surface area contributed by atoms with Gasteiger partial charge in [-0.1, -0.05) is 0 Å². The number of aryl methyl sites for hydroxylation is 1. The Morgan fingerprint density at radius 1 is 1.29 bits per heavy atom. The highest BCUT2D eigenvalue weighted by Gasteiger charge is 2.23. The number of rotatable bonds is 7. The molecule has 0 aromatic carbocycles. The minimum absolute atomic E-state index is 0.0937. The first-order valence-electron chi connectivity index (χ1n) is 9.36. The van der Waals surface area contributed by atoms with Crippen molar-refractivity contribution in [3.8, 4) is 0 Å². The van der Waals surface area contributed by atoms with Crippen LogP contribution in [0.2, 0.25) is 0 Å². The van der Waals surface area contributed by atoms with Crippen LogP contribution in [0.4, 0.5) is 5.82 Å². The number of hydrogen-bond donors (Lipinski definition) is 3. The van der Waals surface area contributed by atoms with Gasteiger partial charge in [0, 0.05) is 7.05 Å². The van der Waals surface area contributed by atoms with Crippen molar-refractivity contribution in [1.29, 1.82) is 0 Å². The lowest BCUT2D eigenvalue weighted by atomic mass is 10.2. The number of thiophene rings is 1. The zero-order chi connectivity index (χ0) is 20.1. The third-order valence-corrected chi connectivity index (χ3v) is 5.77. The number of esters is 1. The molecule has 9 nitrogen and oxygen atoms in total.